The van der Waals surface area contributed by atoms with Gasteiger partial charge in [0.1, 0.15) is 12.1 Å². The minimum Gasteiger partial charge on any atom is -0.480 e. The highest BCUT2D eigenvalue weighted by Crippen LogP contribution is 2.26. The molecular formula is C37H48N6O7S. The van der Waals surface area contributed by atoms with Crippen LogP contribution in [0.1, 0.15) is 50.7 Å². The van der Waals surface area contributed by atoms with Gasteiger partial charge < -0.3 is 26.0 Å². The van der Waals surface area contributed by atoms with Gasteiger partial charge in [-0.2, -0.15) is 4.31 Å². The van der Waals surface area contributed by atoms with Gasteiger partial charge in [-0.05, 0) is 80.1 Å². The van der Waals surface area contributed by atoms with E-state index in [9.17, 15) is 32.7 Å². The molecule has 4 atom stereocenters. The van der Waals surface area contributed by atoms with Crippen LogP contribution in [-0.4, -0.2) is 84.9 Å². The summed E-state index contributed by atoms with van der Waals surface area (Å²) < 4.78 is 27.6. The predicted molar refractivity (Wildman–Crippen MR) is 196 cm³/mol. The van der Waals surface area contributed by atoms with Gasteiger partial charge in [0.15, 0.2) is 0 Å². The first-order chi connectivity index (χ1) is 24.3. The highest BCUT2D eigenvalue weighted by molar-refractivity contribution is 7.89. The first kappa shape index (κ1) is 39.0. The Morgan fingerprint density at radius 1 is 0.961 bits per heavy atom. The summed E-state index contributed by atoms with van der Waals surface area (Å²) in [6.07, 6.45) is 1.21. The van der Waals surface area contributed by atoms with Crippen LogP contribution < -0.4 is 21.3 Å². The molecule has 14 heteroatoms. The van der Waals surface area contributed by atoms with Gasteiger partial charge in [-0.15, -0.1) is 0 Å². The van der Waals surface area contributed by atoms with Crippen LogP contribution in [0.15, 0.2) is 83.8 Å². The minimum atomic E-state index is -3.93. The summed E-state index contributed by atoms with van der Waals surface area (Å²) in [5.41, 5.74) is 2.97. The van der Waals surface area contributed by atoms with Crippen LogP contribution in [0.5, 0.6) is 0 Å². The molecule has 51 heavy (non-hydrogen) atoms. The van der Waals surface area contributed by atoms with Crippen molar-refractivity contribution in [2.75, 3.05) is 30.8 Å². The SMILES string of the molecule is CCC(C)[C@@H](NCC[C@H](NC(=O)[C@@H]1CCCN1S(=O)(=O)c1ccccc1)C(=O)O)N(C)C(=O)Cc1ccc(NC(=O)Nc2ccccc2C)cc1. The number of anilines is 2. The largest absolute Gasteiger partial charge is 0.480 e. The second-order valence-corrected chi connectivity index (χ2v) is 14.7. The van der Waals surface area contributed by atoms with E-state index in [-0.39, 0.29) is 55.1 Å². The molecule has 0 radical (unpaired) electrons. The highest BCUT2D eigenvalue weighted by atomic mass is 32.2. The lowest BCUT2D eigenvalue weighted by atomic mass is 10.0. The Labute approximate surface area is 299 Å². The molecule has 1 saturated heterocycles. The van der Waals surface area contributed by atoms with Gasteiger partial charge >= 0.3 is 12.0 Å². The highest BCUT2D eigenvalue weighted by Gasteiger charge is 2.40. The summed E-state index contributed by atoms with van der Waals surface area (Å²) in [5.74, 6) is -2.03. The number of hydrogen-bond donors (Lipinski definition) is 5. The van der Waals surface area contributed by atoms with Crippen molar-refractivity contribution in [2.45, 2.75) is 76.0 Å². The van der Waals surface area contributed by atoms with Crippen molar-refractivity contribution in [1.29, 1.82) is 0 Å². The fourth-order valence-electron chi connectivity index (χ4n) is 6.02. The quantitative estimate of drug-likeness (QED) is 0.135. The zero-order valence-corrected chi connectivity index (χ0v) is 30.3. The molecule has 0 aliphatic carbocycles. The number of carbonyl (C=O) groups excluding carboxylic acids is 3. The number of aryl methyl sites for hydroxylation is 1. The predicted octanol–water partition coefficient (Wildman–Crippen LogP) is 4.41. The summed E-state index contributed by atoms with van der Waals surface area (Å²) in [6.45, 7) is 6.23. The van der Waals surface area contributed by atoms with E-state index in [1.165, 1.54) is 12.1 Å². The van der Waals surface area contributed by atoms with Crippen molar-refractivity contribution < 1.29 is 32.7 Å². The molecule has 1 heterocycles. The number of amides is 4. The van der Waals surface area contributed by atoms with E-state index in [1.807, 2.05) is 45.0 Å². The van der Waals surface area contributed by atoms with Crippen LogP contribution in [0.2, 0.25) is 0 Å². The van der Waals surface area contributed by atoms with E-state index < -0.39 is 40.1 Å². The molecule has 3 aromatic carbocycles. The molecule has 4 amide bonds. The molecule has 0 spiro atoms. The van der Waals surface area contributed by atoms with Crippen LogP contribution >= 0.6 is 0 Å². The molecule has 0 aromatic heterocycles. The molecule has 13 nitrogen and oxygen atoms in total. The number of sulfonamides is 1. The number of benzene rings is 3. The molecule has 1 aliphatic rings. The van der Waals surface area contributed by atoms with Crippen molar-refractivity contribution in [3.05, 3.63) is 90.0 Å². The van der Waals surface area contributed by atoms with Gasteiger partial charge in [0.25, 0.3) is 0 Å². The number of nitrogens with zero attached hydrogens (tertiary/aromatic N) is 2. The van der Waals surface area contributed by atoms with Crippen molar-refractivity contribution in [2.24, 2.45) is 5.92 Å². The molecule has 4 rings (SSSR count). The first-order valence-corrected chi connectivity index (χ1v) is 18.6. The summed E-state index contributed by atoms with van der Waals surface area (Å²) >= 11 is 0. The Hall–Kier alpha value is -4.79. The Kier molecular flexibility index (Phi) is 13.7. The summed E-state index contributed by atoms with van der Waals surface area (Å²) in [7, 11) is -2.24. The normalized spacial score (nSPS) is 16.4. The topological polar surface area (TPSA) is 177 Å². The second-order valence-electron chi connectivity index (χ2n) is 12.8. The average molecular weight is 721 g/mol. The number of carboxylic acids is 1. The number of urea groups is 1. The molecule has 274 valence electrons. The maximum Gasteiger partial charge on any atom is 0.326 e. The van der Waals surface area contributed by atoms with Gasteiger partial charge in [0.05, 0.1) is 17.5 Å². The van der Waals surface area contributed by atoms with Gasteiger partial charge in [-0.1, -0.05) is 68.8 Å². The number of aliphatic carboxylic acids is 1. The van der Waals surface area contributed by atoms with Gasteiger partial charge in [0, 0.05) is 25.0 Å². The van der Waals surface area contributed by atoms with E-state index >= 15 is 0 Å². The summed E-state index contributed by atoms with van der Waals surface area (Å²) in [5, 5.41) is 21.4. The number of likely N-dealkylation sites (N-methyl/N-ethyl adjacent to an activating group) is 1. The lowest BCUT2D eigenvalue weighted by molar-refractivity contribution is -0.142. The van der Waals surface area contributed by atoms with Gasteiger partial charge in [0.2, 0.25) is 21.8 Å². The Morgan fingerprint density at radius 3 is 2.27 bits per heavy atom. The summed E-state index contributed by atoms with van der Waals surface area (Å²) in [6, 6.07) is 19.7. The maximum absolute atomic E-state index is 13.4. The molecule has 1 fully saturated rings. The fraction of sp³-hybridized carbons (Fsp3) is 0.405. The Bertz CT molecular complexity index is 1770. The van der Waals surface area contributed by atoms with Crippen LogP contribution in [0.4, 0.5) is 16.2 Å². The maximum atomic E-state index is 13.4. The molecule has 1 aliphatic heterocycles. The van der Waals surface area contributed by atoms with E-state index in [0.29, 0.717) is 17.8 Å². The number of nitrogens with one attached hydrogen (secondary N) is 4. The molecule has 3 aromatic rings. The molecular weight excluding hydrogens is 673 g/mol. The lowest BCUT2D eigenvalue weighted by Crippen LogP contribution is -2.53. The van der Waals surface area contributed by atoms with E-state index in [0.717, 1.165) is 21.9 Å². The van der Waals surface area contributed by atoms with Crippen LogP contribution in [0, 0.1) is 12.8 Å². The van der Waals surface area contributed by atoms with Crippen molar-refractivity contribution in [3.8, 4) is 0 Å². The van der Waals surface area contributed by atoms with Crippen molar-refractivity contribution in [3.63, 3.8) is 0 Å². The molecule has 1 unspecified atom stereocenters. The smallest absolute Gasteiger partial charge is 0.326 e. The second kappa shape index (κ2) is 17.9. The van der Waals surface area contributed by atoms with Gasteiger partial charge in [-0.3, -0.25) is 14.9 Å². The minimum absolute atomic E-state index is 0.0140. The third kappa shape index (κ3) is 10.4. The Balaban J connectivity index is 1.31. The first-order valence-electron chi connectivity index (χ1n) is 17.1. The average Bonchev–Trinajstić information content (AvgIpc) is 3.63. The molecule has 5 N–H and O–H groups in total. The zero-order chi connectivity index (χ0) is 37.1. The van der Waals surface area contributed by atoms with Crippen LogP contribution in [0.3, 0.4) is 0 Å². The number of rotatable bonds is 16. The number of carbonyl (C=O) groups is 4. The number of carboxylic acid groups (broad SMARTS) is 1. The van der Waals surface area contributed by atoms with E-state index in [1.54, 1.807) is 54.4 Å². The fourth-order valence-corrected chi connectivity index (χ4v) is 7.70. The summed E-state index contributed by atoms with van der Waals surface area (Å²) in [4.78, 5) is 53.0. The van der Waals surface area contributed by atoms with Crippen molar-refractivity contribution >= 4 is 45.2 Å². The standard InChI is InChI=1S/C37H48N6O7S/c1-5-25(2)34(42(4)33(44)24-27-17-19-28(20-18-27)39-37(48)41-30-15-10-9-12-26(30)3)38-22-21-31(36(46)47)40-35(45)32-16-11-23-43(32)51(49,50)29-13-7-6-8-14-29/h6-10,12-15,17-20,25,31-32,34,38H,5,11,16,21-24H2,1-4H3,(H,40,45)(H,46,47)(H2,39,41,48)/t25?,31-,32-,34-/m0/s1. The number of para-hydroxylation sites is 1. The lowest BCUT2D eigenvalue weighted by Gasteiger charge is -2.34. The Morgan fingerprint density at radius 2 is 1.63 bits per heavy atom. The third-order valence-electron chi connectivity index (χ3n) is 9.21. The van der Waals surface area contributed by atoms with E-state index in [2.05, 4.69) is 21.3 Å². The molecule has 0 saturated carbocycles. The van der Waals surface area contributed by atoms with Crippen LogP contribution in [-0.2, 0) is 30.8 Å². The van der Waals surface area contributed by atoms with E-state index in [4.69, 9.17) is 0 Å². The van der Waals surface area contributed by atoms with Crippen molar-refractivity contribution in [1.82, 2.24) is 19.8 Å². The monoisotopic (exact) mass is 720 g/mol. The number of hydrogen-bond acceptors (Lipinski definition) is 7. The van der Waals surface area contributed by atoms with Crippen LogP contribution in [0.25, 0.3) is 0 Å². The third-order valence-corrected chi connectivity index (χ3v) is 11.1. The van der Waals surface area contributed by atoms with Gasteiger partial charge in [-0.25, -0.2) is 18.0 Å². The zero-order valence-electron chi connectivity index (χ0n) is 29.5. The molecule has 0 bridgehead atoms.